The third-order valence-corrected chi connectivity index (χ3v) is 4.81. The van der Waals surface area contributed by atoms with E-state index >= 15 is 0 Å². The molecule has 1 N–H and O–H groups in total. The molecule has 0 aliphatic rings. The van der Waals surface area contributed by atoms with Gasteiger partial charge < -0.3 is 13.9 Å². The first-order chi connectivity index (χ1) is 13.2. The van der Waals surface area contributed by atoms with Gasteiger partial charge in [-0.2, -0.15) is 0 Å². The minimum absolute atomic E-state index is 0.276. The maximum Gasteiger partial charge on any atom is 0.257 e. The minimum atomic E-state index is -0.276. The molecule has 6 nitrogen and oxygen atoms in total. The molecule has 0 saturated heterocycles. The summed E-state index contributed by atoms with van der Waals surface area (Å²) in [5, 5.41) is 6.15. The summed E-state index contributed by atoms with van der Waals surface area (Å²) in [5.41, 5.74) is 1.93. The number of carbonyl (C=O) groups excluding carboxylic acids is 1. The zero-order valence-corrected chi connectivity index (χ0v) is 15.5. The van der Waals surface area contributed by atoms with E-state index in [9.17, 15) is 4.79 Å². The number of amides is 1. The van der Waals surface area contributed by atoms with Crippen LogP contribution in [0.5, 0.6) is 11.5 Å². The molecule has 0 aliphatic carbocycles. The van der Waals surface area contributed by atoms with Crippen LogP contribution in [-0.4, -0.2) is 25.1 Å². The molecule has 2 heterocycles. The Morgan fingerprint density at radius 2 is 1.89 bits per heavy atom. The van der Waals surface area contributed by atoms with Crippen molar-refractivity contribution in [3.05, 3.63) is 59.5 Å². The summed E-state index contributed by atoms with van der Waals surface area (Å²) >= 11 is 1.34. The number of nitrogens with one attached hydrogen (secondary N) is 1. The van der Waals surface area contributed by atoms with Crippen LogP contribution in [0.15, 0.2) is 58.3 Å². The average Bonchev–Trinajstić information content (AvgIpc) is 3.33. The Hall–Kier alpha value is -3.32. The van der Waals surface area contributed by atoms with Crippen LogP contribution in [0.2, 0.25) is 0 Å². The Balaban J connectivity index is 1.54. The van der Waals surface area contributed by atoms with Crippen LogP contribution in [0, 0.1) is 0 Å². The van der Waals surface area contributed by atoms with Crippen molar-refractivity contribution in [3.8, 4) is 23.0 Å². The number of carbonyl (C=O) groups is 1. The highest BCUT2D eigenvalue weighted by Gasteiger charge is 2.14. The number of methoxy groups -OCH3 is 2. The molecular weight excluding hydrogens is 364 g/mol. The topological polar surface area (TPSA) is 73.6 Å². The Labute approximate surface area is 159 Å². The van der Waals surface area contributed by atoms with Crippen molar-refractivity contribution in [2.75, 3.05) is 19.5 Å². The number of hydrogen-bond acceptors (Lipinski definition) is 6. The lowest BCUT2D eigenvalue weighted by atomic mass is 10.2. The zero-order valence-electron chi connectivity index (χ0n) is 14.7. The molecule has 0 bridgehead atoms. The van der Waals surface area contributed by atoms with Crippen molar-refractivity contribution >= 4 is 33.3 Å². The maximum absolute atomic E-state index is 12.5. The third kappa shape index (κ3) is 3.37. The molecule has 0 atom stereocenters. The molecule has 2 aromatic carbocycles. The highest BCUT2D eigenvalue weighted by atomic mass is 32.1. The van der Waals surface area contributed by atoms with Crippen molar-refractivity contribution in [2.45, 2.75) is 0 Å². The van der Waals surface area contributed by atoms with Crippen molar-refractivity contribution < 1.29 is 18.7 Å². The first-order valence-corrected chi connectivity index (χ1v) is 9.04. The van der Waals surface area contributed by atoms with Crippen molar-refractivity contribution in [3.63, 3.8) is 0 Å². The fourth-order valence-corrected chi connectivity index (χ4v) is 3.39. The molecule has 0 fully saturated rings. The van der Waals surface area contributed by atoms with Crippen LogP contribution < -0.4 is 14.8 Å². The second-order valence-electron chi connectivity index (χ2n) is 5.71. The van der Waals surface area contributed by atoms with Crippen molar-refractivity contribution in [1.29, 1.82) is 0 Å². The predicted octanol–water partition coefficient (Wildman–Crippen LogP) is 4.83. The number of aromatic nitrogens is 1. The summed E-state index contributed by atoms with van der Waals surface area (Å²) < 4.78 is 16.2. The van der Waals surface area contributed by atoms with E-state index in [1.54, 1.807) is 25.3 Å². The molecule has 136 valence electrons. The van der Waals surface area contributed by atoms with E-state index < -0.39 is 0 Å². The molecule has 1 amide bonds. The highest BCUT2D eigenvalue weighted by Crippen LogP contribution is 2.31. The first-order valence-electron chi connectivity index (χ1n) is 8.16. The van der Waals surface area contributed by atoms with Crippen LogP contribution in [-0.2, 0) is 0 Å². The summed E-state index contributed by atoms with van der Waals surface area (Å²) in [6.07, 6.45) is 0. The second kappa shape index (κ2) is 7.13. The van der Waals surface area contributed by atoms with Crippen LogP contribution in [0.3, 0.4) is 0 Å². The van der Waals surface area contributed by atoms with Crippen molar-refractivity contribution in [1.82, 2.24) is 4.98 Å². The predicted molar refractivity (Wildman–Crippen MR) is 105 cm³/mol. The molecule has 0 unspecified atom stereocenters. The number of benzene rings is 2. The fourth-order valence-electron chi connectivity index (χ4n) is 2.70. The van der Waals surface area contributed by atoms with E-state index in [0.717, 1.165) is 11.0 Å². The molecular formula is C20H16N2O4S. The monoisotopic (exact) mass is 380 g/mol. The number of thiazole rings is 1. The van der Waals surface area contributed by atoms with E-state index in [4.69, 9.17) is 13.9 Å². The summed E-state index contributed by atoms with van der Waals surface area (Å²) in [6.45, 7) is 0. The first kappa shape index (κ1) is 17.1. The molecule has 0 saturated carbocycles. The number of rotatable bonds is 5. The van der Waals surface area contributed by atoms with Crippen molar-refractivity contribution in [2.24, 2.45) is 0 Å². The number of anilines is 1. The average molecular weight is 380 g/mol. The standard InChI is InChI=1S/C20H16N2O4S/c1-24-16-8-7-13(10-18(16)25-2)19(23)22-20-21-14(11-27-20)17-9-12-5-3-4-6-15(12)26-17/h3-11H,1-2H3,(H,21,22,23). The van der Waals surface area contributed by atoms with Gasteiger partial charge in [0.1, 0.15) is 11.3 Å². The minimum Gasteiger partial charge on any atom is -0.493 e. The maximum atomic E-state index is 12.5. The van der Waals surface area contributed by atoms with Gasteiger partial charge in [-0.05, 0) is 30.3 Å². The van der Waals surface area contributed by atoms with Gasteiger partial charge in [0.15, 0.2) is 22.4 Å². The lowest BCUT2D eigenvalue weighted by Crippen LogP contribution is -2.11. The smallest absolute Gasteiger partial charge is 0.257 e. The Morgan fingerprint density at radius 3 is 2.67 bits per heavy atom. The van der Waals surface area contributed by atoms with E-state index in [1.165, 1.54) is 18.4 Å². The second-order valence-corrected chi connectivity index (χ2v) is 6.57. The Bertz CT molecular complexity index is 1080. The van der Waals surface area contributed by atoms with E-state index in [2.05, 4.69) is 10.3 Å². The van der Waals surface area contributed by atoms with Gasteiger partial charge >= 0.3 is 0 Å². The van der Waals surface area contributed by atoms with Gasteiger partial charge in [-0.15, -0.1) is 11.3 Å². The van der Waals surface area contributed by atoms with Gasteiger partial charge in [0.05, 0.1) is 14.2 Å². The fraction of sp³-hybridized carbons (Fsp3) is 0.100. The van der Waals surface area contributed by atoms with E-state index in [-0.39, 0.29) is 5.91 Å². The summed E-state index contributed by atoms with van der Waals surface area (Å²) in [7, 11) is 3.08. The number of furan rings is 1. The molecule has 2 aromatic heterocycles. The number of fused-ring (bicyclic) bond motifs is 1. The normalized spacial score (nSPS) is 10.7. The van der Waals surface area contributed by atoms with Crippen LogP contribution >= 0.6 is 11.3 Å². The quantitative estimate of drug-likeness (QED) is 0.537. The third-order valence-electron chi connectivity index (χ3n) is 4.05. The lowest BCUT2D eigenvalue weighted by Gasteiger charge is -2.09. The Morgan fingerprint density at radius 1 is 1.07 bits per heavy atom. The summed E-state index contributed by atoms with van der Waals surface area (Å²) in [4.78, 5) is 17.0. The highest BCUT2D eigenvalue weighted by molar-refractivity contribution is 7.14. The van der Waals surface area contributed by atoms with Gasteiger partial charge in [0.25, 0.3) is 5.91 Å². The largest absolute Gasteiger partial charge is 0.493 e. The number of ether oxygens (including phenoxy) is 2. The molecule has 4 aromatic rings. The lowest BCUT2D eigenvalue weighted by molar-refractivity contribution is 0.102. The van der Waals surface area contributed by atoms with E-state index in [1.807, 2.05) is 35.7 Å². The number of nitrogens with zero attached hydrogens (tertiary/aromatic N) is 1. The van der Waals surface area contributed by atoms with Gasteiger partial charge in [-0.1, -0.05) is 18.2 Å². The number of hydrogen-bond donors (Lipinski definition) is 1. The number of para-hydroxylation sites is 1. The molecule has 0 aliphatic heterocycles. The van der Waals surface area contributed by atoms with Crippen LogP contribution in [0.4, 0.5) is 5.13 Å². The van der Waals surface area contributed by atoms with Gasteiger partial charge in [0, 0.05) is 16.3 Å². The molecule has 7 heteroatoms. The van der Waals surface area contributed by atoms with Gasteiger partial charge in [-0.3, -0.25) is 10.1 Å². The zero-order chi connectivity index (χ0) is 18.8. The SMILES string of the molecule is COc1ccc(C(=O)Nc2nc(-c3cc4ccccc4o3)cs2)cc1OC. The molecule has 4 rings (SSSR count). The van der Waals surface area contributed by atoms with Gasteiger partial charge in [0.2, 0.25) is 0 Å². The van der Waals surface area contributed by atoms with E-state index in [0.29, 0.717) is 33.6 Å². The molecule has 27 heavy (non-hydrogen) atoms. The molecule has 0 spiro atoms. The van der Waals surface area contributed by atoms with Crippen LogP contribution in [0.1, 0.15) is 10.4 Å². The summed E-state index contributed by atoms with van der Waals surface area (Å²) in [6, 6.07) is 14.7. The summed E-state index contributed by atoms with van der Waals surface area (Å²) in [5.74, 6) is 1.45. The van der Waals surface area contributed by atoms with Gasteiger partial charge in [-0.25, -0.2) is 4.98 Å². The molecule has 0 radical (unpaired) electrons. The van der Waals surface area contributed by atoms with Crippen LogP contribution in [0.25, 0.3) is 22.4 Å². The Kier molecular flexibility index (Phi) is 4.52.